The van der Waals surface area contributed by atoms with Crippen molar-refractivity contribution in [3.8, 4) is 0 Å². The Morgan fingerprint density at radius 3 is 2.84 bits per heavy atom. The first kappa shape index (κ1) is 17.4. The van der Waals surface area contributed by atoms with E-state index in [9.17, 15) is 14.4 Å². The molecule has 0 spiro atoms. The molecule has 3 rings (SSSR count). The first-order chi connectivity index (χ1) is 12.0. The number of fused-ring (bicyclic) bond motifs is 1. The van der Waals surface area contributed by atoms with Gasteiger partial charge in [-0.3, -0.25) is 23.5 Å². The highest BCUT2D eigenvalue weighted by Crippen LogP contribution is 2.31. The lowest BCUT2D eigenvalue weighted by Gasteiger charge is -2.14. The Kier molecular flexibility index (Phi) is 5.03. The van der Waals surface area contributed by atoms with Gasteiger partial charge in [0.2, 0.25) is 5.91 Å². The summed E-state index contributed by atoms with van der Waals surface area (Å²) in [6.45, 7) is 4.11. The molecule has 1 N–H and O–H groups in total. The van der Waals surface area contributed by atoms with Crippen molar-refractivity contribution in [2.75, 3.05) is 12.3 Å². The SMILES string of the molecule is Cc1cncn(CCNC(=O)CC2CSc3ncc(C)c(=O)n32)c1=O. The minimum atomic E-state index is -0.191. The molecule has 0 fully saturated rings. The second-order valence-corrected chi connectivity index (χ2v) is 6.98. The number of rotatable bonds is 5. The third-order valence-electron chi connectivity index (χ3n) is 4.07. The normalized spacial score (nSPS) is 15.8. The summed E-state index contributed by atoms with van der Waals surface area (Å²) in [6.07, 6.45) is 4.75. The molecule has 0 aliphatic carbocycles. The Morgan fingerprint density at radius 1 is 1.28 bits per heavy atom. The molecule has 0 saturated carbocycles. The van der Waals surface area contributed by atoms with Gasteiger partial charge in [-0.1, -0.05) is 11.8 Å². The lowest BCUT2D eigenvalue weighted by molar-refractivity contribution is -0.121. The molecule has 0 aromatic carbocycles. The number of hydrogen-bond donors (Lipinski definition) is 1. The van der Waals surface area contributed by atoms with Gasteiger partial charge in [-0.25, -0.2) is 9.97 Å². The number of hydrogen-bond acceptors (Lipinski definition) is 6. The Hall–Kier alpha value is -2.42. The Balaban J connectivity index is 1.58. The van der Waals surface area contributed by atoms with Crippen LogP contribution in [0.1, 0.15) is 23.6 Å². The minimum absolute atomic E-state index is 0.0924. The van der Waals surface area contributed by atoms with Gasteiger partial charge in [-0.15, -0.1) is 0 Å². The molecule has 1 amide bonds. The lowest BCUT2D eigenvalue weighted by Crippen LogP contribution is -2.34. The van der Waals surface area contributed by atoms with Crippen molar-refractivity contribution in [3.63, 3.8) is 0 Å². The number of aromatic nitrogens is 4. The zero-order chi connectivity index (χ0) is 18.0. The fourth-order valence-corrected chi connectivity index (χ4v) is 3.80. The zero-order valence-corrected chi connectivity index (χ0v) is 14.9. The Bertz CT molecular complexity index is 921. The van der Waals surface area contributed by atoms with E-state index < -0.39 is 0 Å². The van der Waals surface area contributed by atoms with Crippen molar-refractivity contribution in [1.82, 2.24) is 24.4 Å². The predicted molar refractivity (Wildman–Crippen MR) is 93.9 cm³/mol. The zero-order valence-electron chi connectivity index (χ0n) is 14.1. The lowest BCUT2D eigenvalue weighted by atomic mass is 10.2. The summed E-state index contributed by atoms with van der Waals surface area (Å²) in [5.74, 6) is 0.501. The van der Waals surface area contributed by atoms with Crippen LogP contribution in [0.25, 0.3) is 0 Å². The first-order valence-electron chi connectivity index (χ1n) is 7.96. The van der Waals surface area contributed by atoms with Crippen LogP contribution in [0.5, 0.6) is 0 Å². The number of carbonyl (C=O) groups excluding carboxylic acids is 1. The molecule has 0 saturated heterocycles. The van der Waals surface area contributed by atoms with Crippen molar-refractivity contribution in [2.45, 2.75) is 38.0 Å². The van der Waals surface area contributed by atoms with Crippen molar-refractivity contribution in [1.29, 1.82) is 0 Å². The second kappa shape index (κ2) is 7.22. The highest BCUT2D eigenvalue weighted by Gasteiger charge is 2.27. The van der Waals surface area contributed by atoms with Crippen LogP contribution in [-0.4, -0.2) is 37.3 Å². The van der Waals surface area contributed by atoms with Crippen LogP contribution in [0.2, 0.25) is 0 Å². The van der Waals surface area contributed by atoms with Crippen LogP contribution < -0.4 is 16.4 Å². The van der Waals surface area contributed by atoms with E-state index in [0.717, 1.165) is 0 Å². The summed E-state index contributed by atoms with van der Waals surface area (Å²) < 4.78 is 3.07. The van der Waals surface area contributed by atoms with Crippen LogP contribution in [-0.2, 0) is 11.3 Å². The monoisotopic (exact) mass is 361 g/mol. The molecule has 2 aromatic heterocycles. The number of amides is 1. The van der Waals surface area contributed by atoms with Crippen LogP contribution in [0.4, 0.5) is 0 Å². The van der Waals surface area contributed by atoms with E-state index in [4.69, 9.17) is 0 Å². The molecular formula is C16H19N5O3S. The van der Waals surface area contributed by atoms with Crippen LogP contribution in [0.3, 0.4) is 0 Å². The molecule has 8 nitrogen and oxygen atoms in total. The van der Waals surface area contributed by atoms with Gasteiger partial charge in [0.25, 0.3) is 11.1 Å². The van der Waals surface area contributed by atoms with Crippen LogP contribution >= 0.6 is 11.8 Å². The van der Waals surface area contributed by atoms with E-state index in [-0.39, 0.29) is 29.5 Å². The van der Waals surface area contributed by atoms with Crippen molar-refractivity contribution in [2.24, 2.45) is 0 Å². The van der Waals surface area contributed by atoms with Crippen molar-refractivity contribution in [3.05, 3.63) is 50.6 Å². The van der Waals surface area contributed by atoms with Crippen LogP contribution in [0.15, 0.2) is 33.5 Å². The maximum Gasteiger partial charge on any atom is 0.257 e. The standard InChI is InChI=1S/C16H19N5O3S/c1-10-6-17-9-20(14(10)23)4-3-18-13(22)5-12-8-25-16-19-7-11(2)15(24)21(12)16/h6-7,9,12H,3-5,8H2,1-2H3,(H,18,22). The van der Waals surface area contributed by atoms with Crippen LogP contribution in [0, 0.1) is 13.8 Å². The molecule has 1 unspecified atom stereocenters. The molecule has 3 heterocycles. The molecule has 0 bridgehead atoms. The summed E-state index contributed by atoms with van der Waals surface area (Å²) in [5.41, 5.74) is 0.933. The second-order valence-electron chi connectivity index (χ2n) is 5.99. The van der Waals surface area contributed by atoms with Gasteiger partial charge in [-0.05, 0) is 13.8 Å². The van der Waals surface area contributed by atoms with Crippen molar-refractivity contribution >= 4 is 17.7 Å². The van der Waals surface area contributed by atoms with Crippen molar-refractivity contribution < 1.29 is 4.79 Å². The Labute approximate surface area is 148 Å². The molecule has 1 aliphatic heterocycles. The van der Waals surface area contributed by atoms with Gasteiger partial charge in [0.1, 0.15) is 0 Å². The number of aryl methyl sites for hydroxylation is 2. The summed E-state index contributed by atoms with van der Waals surface area (Å²) in [6, 6.07) is -0.191. The molecule has 1 atom stereocenters. The van der Waals surface area contributed by atoms with E-state index in [2.05, 4.69) is 15.3 Å². The molecular weight excluding hydrogens is 342 g/mol. The molecule has 25 heavy (non-hydrogen) atoms. The van der Waals surface area contributed by atoms with Gasteiger partial charge in [0.15, 0.2) is 5.16 Å². The summed E-state index contributed by atoms with van der Waals surface area (Å²) >= 11 is 1.48. The Morgan fingerprint density at radius 2 is 2.04 bits per heavy atom. The molecule has 1 aliphatic rings. The molecule has 2 aromatic rings. The summed E-state index contributed by atoms with van der Waals surface area (Å²) in [7, 11) is 0. The van der Waals surface area contributed by atoms with Gasteiger partial charge in [-0.2, -0.15) is 0 Å². The number of carbonyl (C=O) groups is 1. The molecule has 0 radical (unpaired) electrons. The average molecular weight is 361 g/mol. The van der Waals surface area contributed by atoms with E-state index >= 15 is 0 Å². The van der Waals surface area contributed by atoms with E-state index in [1.165, 1.54) is 28.9 Å². The molecule has 132 valence electrons. The highest BCUT2D eigenvalue weighted by molar-refractivity contribution is 7.99. The maximum atomic E-state index is 12.3. The minimum Gasteiger partial charge on any atom is -0.354 e. The first-order valence-corrected chi connectivity index (χ1v) is 8.94. The third-order valence-corrected chi connectivity index (χ3v) is 5.18. The van der Waals surface area contributed by atoms with E-state index in [1.54, 1.807) is 24.6 Å². The van der Waals surface area contributed by atoms with Gasteiger partial charge in [0, 0.05) is 48.8 Å². The van der Waals surface area contributed by atoms with Gasteiger partial charge < -0.3 is 5.32 Å². The number of thioether (sulfide) groups is 1. The maximum absolute atomic E-state index is 12.3. The highest BCUT2D eigenvalue weighted by atomic mass is 32.2. The predicted octanol–water partition coefficient (Wildman–Crippen LogP) is 0.270. The van der Waals surface area contributed by atoms with E-state index in [1.807, 2.05) is 0 Å². The quantitative estimate of drug-likeness (QED) is 0.768. The number of nitrogens with one attached hydrogen (secondary N) is 1. The van der Waals surface area contributed by atoms with E-state index in [0.29, 0.717) is 35.1 Å². The smallest absolute Gasteiger partial charge is 0.257 e. The average Bonchev–Trinajstić information content (AvgIpc) is 2.98. The van der Waals surface area contributed by atoms with Gasteiger partial charge in [0.05, 0.1) is 12.4 Å². The third kappa shape index (κ3) is 3.65. The number of nitrogens with zero attached hydrogens (tertiary/aromatic N) is 4. The fraction of sp³-hybridized carbons (Fsp3) is 0.438. The topological polar surface area (TPSA) is 98.9 Å². The molecule has 9 heteroatoms. The fourth-order valence-electron chi connectivity index (χ4n) is 2.69. The summed E-state index contributed by atoms with van der Waals surface area (Å²) in [4.78, 5) is 44.6. The summed E-state index contributed by atoms with van der Waals surface area (Å²) in [5, 5.41) is 3.46. The largest absolute Gasteiger partial charge is 0.354 e. The van der Waals surface area contributed by atoms with Gasteiger partial charge >= 0.3 is 0 Å².